The van der Waals surface area contributed by atoms with Crippen molar-refractivity contribution in [3.63, 3.8) is 0 Å². The van der Waals surface area contributed by atoms with Crippen molar-refractivity contribution in [3.05, 3.63) is 23.8 Å². The van der Waals surface area contributed by atoms with E-state index >= 15 is 0 Å². The predicted octanol–water partition coefficient (Wildman–Crippen LogP) is -0.0276. The second-order valence-corrected chi connectivity index (χ2v) is 3.00. The molecule has 0 saturated heterocycles. The van der Waals surface area contributed by atoms with Crippen LogP contribution in [0.1, 0.15) is 5.56 Å². The van der Waals surface area contributed by atoms with Gasteiger partial charge in [0.2, 0.25) is 5.91 Å². The average molecular weight is 196 g/mol. The summed E-state index contributed by atoms with van der Waals surface area (Å²) in [6.07, 6.45) is 0.0981. The number of aromatic hydroxyl groups is 2. The number of nitrogens with zero attached hydrogens (tertiary/aromatic N) is 1. The van der Waals surface area contributed by atoms with Gasteiger partial charge in [-0.3, -0.25) is 9.80 Å². The summed E-state index contributed by atoms with van der Waals surface area (Å²) < 4.78 is 0. The van der Waals surface area contributed by atoms with Crippen LogP contribution in [0, 0.1) is 0 Å². The van der Waals surface area contributed by atoms with Crippen LogP contribution in [-0.2, 0) is 11.2 Å². The van der Waals surface area contributed by atoms with E-state index in [-0.39, 0.29) is 23.8 Å². The van der Waals surface area contributed by atoms with Crippen LogP contribution in [0.2, 0.25) is 0 Å². The number of carbonyl (C=O) groups excluding carboxylic acids is 1. The fraction of sp³-hybridized carbons (Fsp3) is 0.222. The summed E-state index contributed by atoms with van der Waals surface area (Å²) in [6, 6.07) is 4.21. The number of likely N-dealkylation sites (N-methyl/N-ethyl adjacent to an activating group) is 1. The highest BCUT2D eigenvalue weighted by molar-refractivity contribution is 5.78. The van der Waals surface area contributed by atoms with E-state index in [9.17, 15) is 4.79 Å². The van der Waals surface area contributed by atoms with Gasteiger partial charge in [0.15, 0.2) is 11.5 Å². The minimum atomic E-state index is -0.268. The fourth-order valence-electron chi connectivity index (χ4n) is 0.978. The van der Waals surface area contributed by atoms with Crippen LogP contribution in [0.4, 0.5) is 0 Å². The minimum Gasteiger partial charge on any atom is -0.504 e. The van der Waals surface area contributed by atoms with E-state index in [1.807, 2.05) is 0 Å². The van der Waals surface area contributed by atoms with Gasteiger partial charge >= 0.3 is 0 Å². The van der Waals surface area contributed by atoms with Crippen molar-refractivity contribution < 1.29 is 15.0 Å². The third kappa shape index (κ3) is 2.37. The first-order chi connectivity index (χ1) is 6.50. The van der Waals surface area contributed by atoms with Crippen molar-refractivity contribution in [2.45, 2.75) is 6.42 Å². The third-order valence-electron chi connectivity index (χ3n) is 1.79. The summed E-state index contributed by atoms with van der Waals surface area (Å²) in [5, 5.41) is 19.1. The molecule has 0 radical (unpaired) electrons. The van der Waals surface area contributed by atoms with E-state index in [1.54, 1.807) is 6.07 Å². The molecule has 0 saturated carbocycles. The molecule has 0 spiro atoms. The molecule has 76 valence electrons. The van der Waals surface area contributed by atoms with E-state index < -0.39 is 0 Å². The number of hydrogen-bond donors (Lipinski definition) is 3. The maximum absolute atomic E-state index is 11.2. The standard InChI is InChI=1S/C9H12N2O3/c1-11(10)9(14)5-6-2-3-7(12)8(13)4-6/h2-4,12-13H,5,10H2,1H3. The van der Waals surface area contributed by atoms with E-state index in [0.29, 0.717) is 5.56 Å². The van der Waals surface area contributed by atoms with Gasteiger partial charge < -0.3 is 10.2 Å². The van der Waals surface area contributed by atoms with E-state index in [1.165, 1.54) is 19.2 Å². The second kappa shape index (κ2) is 3.97. The second-order valence-electron chi connectivity index (χ2n) is 3.00. The quantitative estimate of drug-likeness (QED) is 0.268. The maximum atomic E-state index is 11.2. The highest BCUT2D eigenvalue weighted by Crippen LogP contribution is 2.24. The Morgan fingerprint density at radius 2 is 2.07 bits per heavy atom. The topological polar surface area (TPSA) is 86.8 Å². The number of nitrogens with two attached hydrogens (primary N) is 1. The molecule has 1 amide bonds. The first kappa shape index (κ1) is 10.3. The van der Waals surface area contributed by atoms with Crippen LogP contribution in [0.15, 0.2) is 18.2 Å². The Labute approximate surface area is 81.3 Å². The summed E-state index contributed by atoms with van der Waals surface area (Å²) in [4.78, 5) is 11.2. The molecule has 5 nitrogen and oxygen atoms in total. The van der Waals surface area contributed by atoms with Crippen LogP contribution in [0.5, 0.6) is 11.5 Å². The number of rotatable bonds is 2. The Bertz CT molecular complexity index is 350. The first-order valence-electron chi connectivity index (χ1n) is 4.03. The van der Waals surface area contributed by atoms with Crippen LogP contribution < -0.4 is 5.84 Å². The van der Waals surface area contributed by atoms with Gasteiger partial charge in [0.05, 0.1) is 6.42 Å². The number of hydrogen-bond acceptors (Lipinski definition) is 4. The van der Waals surface area contributed by atoms with Crippen LogP contribution in [0.25, 0.3) is 0 Å². The van der Waals surface area contributed by atoms with Gasteiger partial charge in [0.25, 0.3) is 0 Å². The van der Waals surface area contributed by atoms with Gasteiger partial charge in [-0.2, -0.15) is 0 Å². The molecule has 0 aliphatic rings. The molecule has 0 aliphatic carbocycles. The molecule has 0 aliphatic heterocycles. The molecule has 1 rings (SSSR count). The Morgan fingerprint density at radius 3 is 2.57 bits per heavy atom. The summed E-state index contributed by atoms with van der Waals surface area (Å²) in [5.74, 6) is 4.51. The van der Waals surface area contributed by atoms with E-state index in [0.717, 1.165) is 5.01 Å². The zero-order chi connectivity index (χ0) is 10.7. The van der Waals surface area contributed by atoms with Crippen LogP contribution >= 0.6 is 0 Å². The van der Waals surface area contributed by atoms with Gasteiger partial charge in [0.1, 0.15) is 0 Å². The van der Waals surface area contributed by atoms with Crippen molar-refractivity contribution >= 4 is 5.91 Å². The molecule has 4 N–H and O–H groups in total. The first-order valence-corrected chi connectivity index (χ1v) is 4.03. The van der Waals surface area contributed by atoms with Gasteiger partial charge in [-0.25, -0.2) is 5.84 Å². The average Bonchev–Trinajstić information content (AvgIpc) is 2.11. The summed E-state index contributed by atoms with van der Waals surface area (Å²) in [7, 11) is 1.45. The van der Waals surface area contributed by atoms with Crippen LogP contribution in [-0.4, -0.2) is 28.2 Å². The summed E-state index contributed by atoms with van der Waals surface area (Å²) in [6.45, 7) is 0. The monoisotopic (exact) mass is 196 g/mol. The Hall–Kier alpha value is -1.75. The highest BCUT2D eigenvalue weighted by Gasteiger charge is 2.07. The summed E-state index contributed by atoms with van der Waals surface area (Å²) in [5.41, 5.74) is 0.600. The molecule has 0 bridgehead atoms. The number of carbonyl (C=O) groups is 1. The molecule has 0 unspecified atom stereocenters. The van der Waals surface area contributed by atoms with Crippen molar-refractivity contribution in [2.75, 3.05) is 7.05 Å². The van der Waals surface area contributed by atoms with Gasteiger partial charge in [0, 0.05) is 7.05 Å². The van der Waals surface area contributed by atoms with Crippen molar-refractivity contribution in [1.29, 1.82) is 0 Å². The molecule has 1 aromatic rings. The van der Waals surface area contributed by atoms with Crippen molar-refractivity contribution in [1.82, 2.24) is 5.01 Å². The predicted molar refractivity (Wildman–Crippen MR) is 50.4 cm³/mol. The van der Waals surface area contributed by atoms with Gasteiger partial charge in [-0.1, -0.05) is 6.07 Å². The lowest BCUT2D eigenvalue weighted by Gasteiger charge is -2.09. The number of amides is 1. The Morgan fingerprint density at radius 1 is 1.43 bits per heavy atom. The Kier molecular flexibility index (Phi) is 2.93. The lowest BCUT2D eigenvalue weighted by molar-refractivity contribution is -0.129. The fourth-order valence-corrected chi connectivity index (χ4v) is 0.978. The number of phenols is 2. The molecular weight excluding hydrogens is 184 g/mol. The molecule has 5 heteroatoms. The molecule has 0 fully saturated rings. The highest BCUT2D eigenvalue weighted by atomic mass is 16.3. The minimum absolute atomic E-state index is 0.0981. The molecule has 14 heavy (non-hydrogen) atoms. The van der Waals surface area contributed by atoms with Gasteiger partial charge in [-0.05, 0) is 17.7 Å². The summed E-state index contributed by atoms with van der Waals surface area (Å²) >= 11 is 0. The van der Waals surface area contributed by atoms with Crippen LogP contribution in [0.3, 0.4) is 0 Å². The van der Waals surface area contributed by atoms with Crippen molar-refractivity contribution in [2.24, 2.45) is 5.84 Å². The maximum Gasteiger partial charge on any atom is 0.240 e. The van der Waals surface area contributed by atoms with Gasteiger partial charge in [-0.15, -0.1) is 0 Å². The number of phenolic OH excluding ortho intramolecular Hbond substituents is 2. The lowest BCUT2D eigenvalue weighted by Crippen LogP contribution is -2.34. The third-order valence-corrected chi connectivity index (χ3v) is 1.79. The smallest absolute Gasteiger partial charge is 0.240 e. The Balaban J connectivity index is 2.78. The lowest BCUT2D eigenvalue weighted by atomic mass is 10.1. The zero-order valence-electron chi connectivity index (χ0n) is 7.77. The van der Waals surface area contributed by atoms with E-state index in [2.05, 4.69) is 0 Å². The molecular formula is C9H12N2O3. The molecule has 0 atom stereocenters. The number of benzene rings is 1. The van der Waals surface area contributed by atoms with Crippen molar-refractivity contribution in [3.8, 4) is 11.5 Å². The SMILES string of the molecule is CN(N)C(=O)Cc1ccc(O)c(O)c1. The van der Waals surface area contributed by atoms with E-state index in [4.69, 9.17) is 16.1 Å². The molecule has 0 aromatic heterocycles. The number of hydrazine groups is 1. The normalized spacial score (nSPS) is 9.86. The zero-order valence-corrected chi connectivity index (χ0v) is 7.77. The largest absolute Gasteiger partial charge is 0.504 e. The molecule has 0 heterocycles. The molecule has 1 aromatic carbocycles.